The van der Waals surface area contributed by atoms with Crippen molar-refractivity contribution in [2.75, 3.05) is 0 Å². The van der Waals surface area contributed by atoms with E-state index in [1.807, 2.05) is 23.5 Å². The molecule has 610 valence electrons. The van der Waals surface area contributed by atoms with Crippen molar-refractivity contribution in [3.8, 4) is 91.1 Å². The number of fused-ring (bicyclic) bond motifs is 30. The van der Waals surface area contributed by atoms with Crippen molar-refractivity contribution in [1.82, 2.24) is 48.2 Å². The monoisotopic (exact) mass is 1720 g/mol. The molecule has 0 fully saturated rings. The average molecular weight is 1720 g/mol. The number of rotatable bonds is 7. The molecule has 129 heavy (non-hydrogen) atoms. The van der Waals surface area contributed by atoms with E-state index >= 15 is 0 Å². The lowest BCUT2D eigenvalue weighted by Crippen LogP contribution is -2.50. The Morgan fingerprint density at radius 2 is 0.574 bits per heavy atom. The molecule has 0 N–H and O–H groups in total. The van der Waals surface area contributed by atoms with Gasteiger partial charge in [-0.15, -0.1) is 11.3 Å². The zero-order chi connectivity index (χ0) is 85.9. The molecule has 3 aliphatic rings. The van der Waals surface area contributed by atoms with Crippen molar-refractivity contribution in [3.63, 3.8) is 0 Å². The first-order chi connectivity index (χ1) is 63.3. The van der Waals surface area contributed by atoms with Crippen LogP contribution in [0.25, 0.3) is 220 Å². The maximum Gasteiger partial charge on any atom is 0.235 e. The highest BCUT2D eigenvalue weighted by molar-refractivity contribution is 7.26. The number of hydrogen-bond acceptors (Lipinski definition) is 8. The molecule has 15 heteroatoms. The van der Waals surface area contributed by atoms with Gasteiger partial charge < -0.3 is 8.98 Å². The normalized spacial score (nSPS) is 13.7. The Morgan fingerprint density at radius 3 is 1.05 bits per heavy atom. The van der Waals surface area contributed by atoms with E-state index in [0.29, 0.717) is 11.9 Å². The Balaban J connectivity index is 0.000000102. The van der Waals surface area contributed by atoms with E-state index in [1.165, 1.54) is 111 Å². The van der Waals surface area contributed by atoms with Crippen LogP contribution in [-0.4, -0.2) is 72.4 Å². The van der Waals surface area contributed by atoms with Gasteiger partial charge in [-0.2, -0.15) is 0 Å². The third kappa shape index (κ3) is 11.0. The van der Waals surface area contributed by atoms with E-state index < -0.39 is 24.2 Å². The van der Waals surface area contributed by atoms with Crippen molar-refractivity contribution in [2.24, 2.45) is 0 Å². The number of aromatic nitrogens is 10. The van der Waals surface area contributed by atoms with Crippen molar-refractivity contribution >= 4 is 196 Å². The lowest BCUT2D eigenvalue weighted by Gasteiger charge is -2.21. The first-order valence-electron chi connectivity index (χ1n) is 44.3. The predicted molar refractivity (Wildman–Crippen MR) is 546 cm³/mol. The van der Waals surface area contributed by atoms with E-state index in [4.69, 9.17) is 34.3 Å². The molecule has 28 rings (SSSR count). The zero-order valence-corrected chi connectivity index (χ0v) is 75.4. The van der Waals surface area contributed by atoms with E-state index in [-0.39, 0.29) is 0 Å². The zero-order valence-electron chi connectivity index (χ0n) is 71.6. The summed E-state index contributed by atoms with van der Waals surface area (Å²) in [5, 5.41) is 22.7. The summed E-state index contributed by atoms with van der Waals surface area (Å²) >= 11 is 1.88. The summed E-state index contributed by atoms with van der Waals surface area (Å²) in [6, 6.07) is 134. The molecule has 0 bridgehead atoms. The third-order valence-electron chi connectivity index (χ3n) is 27.7. The van der Waals surface area contributed by atoms with Crippen LogP contribution in [0.5, 0.6) is 0 Å². The maximum absolute atomic E-state index is 6.52. The fourth-order valence-electron chi connectivity index (χ4n) is 22.0. The summed E-state index contributed by atoms with van der Waals surface area (Å²) in [6.45, 7) is 14.6. The van der Waals surface area contributed by atoms with Crippen LogP contribution < -0.4 is 31.1 Å². The lowest BCUT2D eigenvalue weighted by atomic mass is 10.1. The van der Waals surface area contributed by atoms with Gasteiger partial charge in [0.15, 0.2) is 0 Å². The van der Waals surface area contributed by atoms with Gasteiger partial charge in [0, 0.05) is 91.0 Å². The first kappa shape index (κ1) is 75.0. The summed E-state index contributed by atoms with van der Waals surface area (Å²) < 4.78 is 18.4. The van der Waals surface area contributed by atoms with Crippen molar-refractivity contribution in [1.29, 1.82) is 0 Å². The van der Waals surface area contributed by atoms with E-state index in [0.717, 1.165) is 128 Å². The summed E-state index contributed by atoms with van der Waals surface area (Å²) in [7, 11) is -6.10. The highest BCUT2D eigenvalue weighted by atomic mass is 32.1. The number of hydrogen-bond donors (Lipinski definition) is 0. The molecule has 0 aliphatic carbocycles. The van der Waals surface area contributed by atoms with Crippen LogP contribution in [0, 0.1) is 0 Å². The third-order valence-corrected chi connectivity index (χ3v) is 39.4. The van der Waals surface area contributed by atoms with Gasteiger partial charge in [-0.1, -0.05) is 343 Å². The van der Waals surface area contributed by atoms with Crippen LogP contribution in [0.15, 0.2) is 381 Å². The molecule has 11 nitrogen and oxygen atoms in total. The molecule has 25 aromatic rings. The molecule has 12 heterocycles. The minimum absolute atomic E-state index is 0.686. The summed E-state index contributed by atoms with van der Waals surface area (Å²) in [4.78, 5) is 32.7. The Bertz CT molecular complexity index is 8720. The molecular weight excluding hydrogens is 1640 g/mol. The van der Waals surface area contributed by atoms with Crippen LogP contribution in [0.3, 0.4) is 0 Å². The van der Waals surface area contributed by atoms with Crippen molar-refractivity contribution in [3.05, 3.63) is 376 Å². The molecule has 0 saturated carbocycles. The predicted octanol–water partition coefficient (Wildman–Crippen LogP) is 25.5. The Hall–Kier alpha value is -15.4. The fraction of sp³-hybridized carbons (Fsp3) is 0.0526. The van der Waals surface area contributed by atoms with Gasteiger partial charge in [0.25, 0.3) is 0 Å². The van der Waals surface area contributed by atoms with Gasteiger partial charge in [-0.05, 0) is 121 Å². The average Bonchev–Trinajstić information content (AvgIpc) is 1.55. The number of para-hydroxylation sites is 6. The maximum atomic E-state index is 6.52. The Labute approximate surface area is 749 Å². The van der Waals surface area contributed by atoms with Crippen LogP contribution in [-0.2, 0) is 0 Å². The Morgan fingerprint density at radius 1 is 0.240 bits per heavy atom. The molecule has 3 aliphatic heterocycles. The van der Waals surface area contributed by atoms with Crippen LogP contribution in [0.1, 0.15) is 0 Å². The number of nitrogens with zero attached hydrogens (tertiary/aromatic N) is 10. The SMILES string of the molecule is C[Si]1(C)c2ccccc2-c2nc(-n3c4ccccc4c4c3ccc3c5ccccc5n(-c5ccccc5)c34)nc(-c3ccccc3)c21.C[Si]1(C)c2ccccc2-c2nc(-n3c4ccccc4c4c5oc6ccccc6c5ccc43)nc(-c3ccccc3)c21.C[Si]1(C)c2ccccc2-c2nc(-n3c4ccccc4c4c5sc6ccccc6c5ccc43)nc(-c3ccccc3)c21. The molecular formula is C114H80N10OSSi3. The highest BCUT2D eigenvalue weighted by Crippen LogP contribution is 2.48. The van der Waals surface area contributed by atoms with Gasteiger partial charge in [-0.25, -0.2) is 29.9 Å². The van der Waals surface area contributed by atoms with E-state index in [1.54, 1.807) is 0 Å². The van der Waals surface area contributed by atoms with Gasteiger partial charge in [0.1, 0.15) is 35.4 Å². The van der Waals surface area contributed by atoms with Gasteiger partial charge in [0.05, 0.1) is 83.7 Å². The lowest BCUT2D eigenvalue weighted by molar-refractivity contribution is 0.673. The molecule has 0 amide bonds. The molecule has 0 radical (unpaired) electrons. The second-order valence-electron chi connectivity index (χ2n) is 35.9. The highest BCUT2D eigenvalue weighted by Gasteiger charge is 2.46. The molecule has 0 spiro atoms. The smallest absolute Gasteiger partial charge is 0.235 e. The molecule has 0 saturated heterocycles. The molecule has 0 atom stereocenters. The standard InChI is InChI=1S/C42H30N4Si.C36H25N3OSi.C36H25N3SSi/c1-47(2)36-24-14-11-21-32(36)39-41(47)38(27-15-5-3-6-16-27)43-42(44-39)46-34-23-13-10-20-31(34)37-35(46)26-25-30-29-19-9-12-22-33(29)45(40(30)37)28-17-7-4-8-18-28;2*1-41(2)30-19-11-8-16-26(30)33-35(41)32(22-12-4-3-5-13-22)37-36(38-33)39-27-17-9-6-15-25(27)31-28(39)21-20-24-23-14-7-10-18-29(23)40-34(24)31/h3-26H,1-2H3;2*3-21H,1-2H3. The number of thiophene rings is 1. The second kappa shape index (κ2) is 28.3. The van der Waals surface area contributed by atoms with E-state index in [9.17, 15) is 0 Å². The van der Waals surface area contributed by atoms with E-state index in [2.05, 4.69) is 422 Å². The summed E-state index contributed by atoms with van der Waals surface area (Å²) in [6.07, 6.45) is 0. The summed E-state index contributed by atoms with van der Waals surface area (Å²) in [5.41, 5.74) is 25.5. The minimum atomic E-state index is -2.06. The molecule has 16 aromatic carbocycles. The van der Waals surface area contributed by atoms with Gasteiger partial charge >= 0.3 is 0 Å². The first-order valence-corrected chi connectivity index (χ1v) is 54.1. The van der Waals surface area contributed by atoms with Gasteiger partial charge in [0.2, 0.25) is 17.8 Å². The molecule has 0 unspecified atom stereocenters. The number of benzene rings is 16. The second-order valence-corrected chi connectivity index (χ2v) is 49.8. The summed E-state index contributed by atoms with van der Waals surface area (Å²) in [5.74, 6) is 2.12. The van der Waals surface area contributed by atoms with Crippen LogP contribution in [0.2, 0.25) is 39.3 Å². The topological polar surface area (TPSA) is 110 Å². The minimum Gasteiger partial charge on any atom is -0.455 e. The Kier molecular flexibility index (Phi) is 16.5. The fourth-order valence-corrected chi connectivity index (χ4v) is 33.0. The number of furan rings is 1. The largest absolute Gasteiger partial charge is 0.455 e. The van der Waals surface area contributed by atoms with Crippen molar-refractivity contribution in [2.45, 2.75) is 39.3 Å². The van der Waals surface area contributed by atoms with Crippen LogP contribution >= 0.6 is 11.3 Å². The van der Waals surface area contributed by atoms with Crippen LogP contribution in [0.4, 0.5) is 0 Å². The quantitative estimate of drug-likeness (QED) is 0.146. The van der Waals surface area contributed by atoms with Crippen molar-refractivity contribution < 1.29 is 4.42 Å². The molecule has 9 aromatic heterocycles. The van der Waals surface area contributed by atoms with Gasteiger partial charge in [-0.3, -0.25) is 13.7 Å².